The predicted molar refractivity (Wildman–Crippen MR) is 143 cm³/mol. The number of rotatable bonds is 5. The van der Waals surface area contributed by atoms with E-state index < -0.39 is 23.7 Å². The fourth-order valence-corrected chi connectivity index (χ4v) is 5.93. The summed E-state index contributed by atoms with van der Waals surface area (Å²) < 4.78 is 15.8. The van der Waals surface area contributed by atoms with E-state index in [1.807, 2.05) is 18.2 Å². The van der Waals surface area contributed by atoms with Crippen molar-refractivity contribution in [2.75, 3.05) is 5.32 Å². The highest BCUT2D eigenvalue weighted by Crippen LogP contribution is 2.68. The third kappa shape index (κ3) is 4.25. The van der Waals surface area contributed by atoms with Crippen molar-refractivity contribution in [1.82, 2.24) is 19.5 Å². The number of ketones is 1. The number of halogens is 2. The van der Waals surface area contributed by atoms with Gasteiger partial charge in [0.25, 0.3) is 0 Å². The Balaban J connectivity index is 1.42. The monoisotopic (exact) mass is 545 g/mol. The molecule has 0 spiro atoms. The number of carbonyl (C=O) groups is 1. The number of nitrogens with zero attached hydrogens (tertiary/aromatic N) is 4. The Bertz CT molecular complexity index is 1700. The molecule has 3 N–H and O–H groups in total. The van der Waals surface area contributed by atoms with E-state index in [0.717, 1.165) is 5.56 Å². The molecule has 2 aliphatic carbocycles. The van der Waals surface area contributed by atoms with Gasteiger partial charge in [-0.3, -0.25) is 4.79 Å². The van der Waals surface area contributed by atoms with Gasteiger partial charge in [0.05, 0.1) is 23.9 Å². The summed E-state index contributed by atoms with van der Waals surface area (Å²) >= 11 is 6.14. The highest BCUT2D eigenvalue weighted by atomic mass is 35.5. The summed E-state index contributed by atoms with van der Waals surface area (Å²) in [6.45, 7) is 3.53. The molecule has 2 aromatic carbocycles. The van der Waals surface area contributed by atoms with E-state index >= 15 is 0 Å². The van der Waals surface area contributed by atoms with Crippen LogP contribution in [-0.2, 0) is 11.3 Å². The molecule has 0 bridgehead atoms. The number of imidazole rings is 1. The van der Waals surface area contributed by atoms with E-state index in [0.29, 0.717) is 46.1 Å². The summed E-state index contributed by atoms with van der Waals surface area (Å²) in [5.74, 6) is 5.68. The summed E-state index contributed by atoms with van der Waals surface area (Å²) in [5, 5.41) is 25.6. The number of hydrogen-bond acceptors (Lipinski definition) is 7. The Labute approximate surface area is 228 Å². The number of aromatic nitrogens is 4. The van der Waals surface area contributed by atoms with Crippen LogP contribution in [0.3, 0.4) is 0 Å². The van der Waals surface area contributed by atoms with Crippen LogP contribution in [0.4, 0.5) is 10.2 Å². The lowest BCUT2D eigenvalue weighted by Crippen LogP contribution is -2.36. The summed E-state index contributed by atoms with van der Waals surface area (Å²) in [6.07, 6.45) is -0.291. The lowest BCUT2D eigenvalue weighted by Gasteiger charge is -2.23. The molecule has 2 unspecified atom stereocenters. The van der Waals surface area contributed by atoms with Gasteiger partial charge in [-0.2, -0.15) is 0 Å². The van der Waals surface area contributed by atoms with Gasteiger partial charge in [0.15, 0.2) is 17.0 Å². The number of hydrogen-bond donors (Lipinski definition) is 3. The van der Waals surface area contributed by atoms with Gasteiger partial charge in [0, 0.05) is 17.1 Å². The fourth-order valence-electron chi connectivity index (χ4n) is 5.72. The molecule has 2 heterocycles. The number of aliphatic hydroxyl groups is 2. The Hall–Kier alpha value is -3.84. The molecule has 4 aromatic rings. The normalized spacial score (nSPS) is 25.2. The first kappa shape index (κ1) is 25.4. The summed E-state index contributed by atoms with van der Waals surface area (Å²) in [6, 6.07) is 11.5. The summed E-state index contributed by atoms with van der Waals surface area (Å²) in [5.41, 5.74) is 1.83. The predicted octanol–water partition coefficient (Wildman–Crippen LogP) is 3.81. The Morgan fingerprint density at radius 2 is 2.05 bits per heavy atom. The fraction of sp³-hybridized carbons (Fsp3) is 0.310. The third-order valence-electron chi connectivity index (χ3n) is 7.91. The van der Waals surface area contributed by atoms with E-state index in [4.69, 9.17) is 11.6 Å². The van der Waals surface area contributed by atoms with E-state index in [9.17, 15) is 19.4 Å². The van der Waals surface area contributed by atoms with Gasteiger partial charge in [0.1, 0.15) is 17.7 Å². The molecule has 0 radical (unpaired) electrons. The average molecular weight is 546 g/mol. The molecule has 2 aromatic heterocycles. The van der Waals surface area contributed by atoms with Crippen molar-refractivity contribution in [1.29, 1.82) is 0 Å². The second kappa shape index (κ2) is 9.42. The number of carbonyl (C=O) groups excluding carboxylic acids is 1. The zero-order chi connectivity index (χ0) is 27.5. The lowest BCUT2D eigenvalue weighted by atomic mass is 9.95. The molecule has 10 heteroatoms. The van der Waals surface area contributed by atoms with Crippen LogP contribution in [-0.4, -0.2) is 47.7 Å². The van der Waals surface area contributed by atoms with Gasteiger partial charge in [-0.25, -0.2) is 19.3 Å². The lowest BCUT2D eigenvalue weighted by molar-refractivity contribution is -0.128. The number of anilines is 1. The Morgan fingerprint density at radius 3 is 2.77 bits per heavy atom. The van der Waals surface area contributed by atoms with Gasteiger partial charge in [-0.15, -0.1) is 0 Å². The third-order valence-corrected chi connectivity index (χ3v) is 8.15. The molecular weight excluding hydrogens is 521 g/mol. The largest absolute Gasteiger partial charge is 0.389 e. The number of nitrogens with one attached hydrogen (secondary N) is 1. The maximum atomic E-state index is 14.1. The summed E-state index contributed by atoms with van der Waals surface area (Å²) in [7, 11) is 0. The smallest absolute Gasteiger partial charge is 0.209 e. The first-order valence-corrected chi connectivity index (χ1v) is 12.9. The van der Waals surface area contributed by atoms with Gasteiger partial charge >= 0.3 is 0 Å². The molecule has 5 atom stereocenters. The maximum absolute atomic E-state index is 14.1. The van der Waals surface area contributed by atoms with Crippen molar-refractivity contribution in [3.63, 3.8) is 0 Å². The van der Waals surface area contributed by atoms with Crippen molar-refractivity contribution in [2.45, 2.75) is 45.1 Å². The van der Waals surface area contributed by atoms with Crippen LogP contribution in [0.25, 0.3) is 11.2 Å². The highest BCUT2D eigenvalue weighted by Gasteiger charge is 2.74. The van der Waals surface area contributed by atoms with Crippen LogP contribution in [0.5, 0.6) is 0 Å². The minimum absolute atomic E-state index is 0.138. The Morgan fingerprint density at radius 1 is 1.23 bits per heavy atom. The average Bonchev–Trinajstić information content (AvgIpc) is 3.45. The van der Waals surface area contributed by atoms with Crippen molar-refractivity contribution < 1.29 is 19.4 Å². The second-order valence-corrected chi connectivity index (χ2v) is 10.7. The second-order valence-electron chi connectivity index (χ2n) is 10.3. The van der Waals surface area contributed by atoms with Crippen molar-refractivity contribution in [3.05, 3.63) is 82.1 Å². The molecule has 8 nitrogen and oxygen atoms in total. The molecule has 2 fully saturated rings. The molecule has 6 rings (SSSR count). The zero-order valence-corrected chi connectivity index (χ0v) is 21.9. The van der Waals surface area contributed by atoms with E-state index in [2.05, 4.69) is 32.1 Å². The first-order chi connectivity index (χ1) is 18.7. The molecular formula is C29H25ClFN5O3. The van der Waals surface area contributed by atoms with Gasteiger partial charge in [-0.1, -0.05) is 35.7 Å². The van der Waals surface area contributed by atoms with E-state index in [1.54, 1.807) is 36.0 Å². The van der Waals surface area contributed by atoms with E-state index in [1.165, 1.54) is 13.0 Å². The number of benzene rings is 2. The standard InChI is InChI=1S/C29H25ClFN5O3/c1-15-6-7-17(11-21(15)31)8-9-22-34-27(32-13-18-4-3-5-19(30)10-18)23-28(35-22)36(14-33-23)24-20-12-29(20,16(2)37)26(39)25(24)38/h3-7,10-11,14,20,24-26,38-39H,12-13H2,1-2H3,(H,32,34,35)/t20?,24-,25+,26?,29-/m1/s1. The molecule has 0 aliphatic heterocycles. The Kier molecular flexibility index (Phi) is 6.14. The van der Waals surface area contributed by atoms with Crippen LogP contribution in [0, 0.1) is 35.9 Å². The van der Waals surface area contributed by atoms with E-state index in [-0.39, 0.29) is 23.3 Å². The van der Waals surface area contributed by atoms with Crippen LogP contribution >= 0.6 is 11.6 Å². The number of aliphatic hydroxyl groups excluding tert-OH is 2. The number of Topliss-reactive ketones (excluding diaryl/α,β-unsaturated/α-hetero) is 1. The van der Waals surface area contributed by atoms with Crippen LogP contribution in [0.15, 0.2) is 48.8 Å². The highest BCUT2D eigenvalue weighted by molar-refractivity contribution is 6.30. The first-order valence-electron chi connectivity index (χ1n) is 12.6. The minimum atomic E-state index is -1.17. The molecule has 2 aliphatic rings. The molecule has 0 amide bonds. The van der Waals surface area contributed by atoms with Crippen LogP contribution in [0.1, 0.15) is 41.9 Å². The van der Waals surface area contributed by atoms with Gasteiger partial charge in [0.2, 0.25) is 5.82 Å². The van der Waals surface area contributed by atoms with Crippen molar-refractivity contribution in [3.8, 4) is 11.8 Å². The molecule has 0 saturated heterocycles. The zero-order valence-electron chi connectivity index (χ0n) is 21.2. The number of aryl methyl sites for hydroxylation is 1. The summed E-state index contributed by atoms with van der Waals surface area (Å²) in [4.78, 5) is 26.1. The van der Waals surface area contributed by atoms with Crippen molar-refractivity contribution in [2.24, 2.45) is 11.3 Å². The van der Waals surface area contributed by atoms with Crippen molar-refractivity contribution >= 4 is 34.4 Å². The molecule has 39 heavy (non-hydrogen) atoms. The maximum Gasteiger partial charge on any atom is 0.209 e. The SMILES string of the molecule is CC(=O)[C@]12CC1[C@@H](n1cnc3c(NCc4cccc(Cl)c4)nc(C#Cc4ccc(C)c(F)c4)nc31)[C@H](O)C2O. The molecule has 198 valence electrons. The van der Waals surface area contributed by atoms with Gasteiger partial charge < -0.3 is 20.1 Å². The van der Waals surface area contributed by atoms with Crippen LogP contribution < -0.4 is 5.32 Å². The van der Waals surface area contributed by atoms with Crippen LogP contribution in [0.2, 0.25) is 5.02 Å². The number of fused-ring (bicyclic) bond motifs is 2. The molecule has 2 saturated carbocycles. The minimum Gasteiger partial charge on any atom is -0.389 e. The quantitative estimate of drug-likeness (QED) is 0.327. The van der Waals surface area contributed by atoms with Gasteiger partial charge in [-0.05, 0) is 67.5 Å². The topological polar surface area (TPSA) is 113 Å².